The monoisotopic (exact) mass is 564 g/mol. The molecule has 0 atom stereocenters. The summed E-state index contributed by atoms with van der Waals surface area (Å²) >= 11 is 0. The van der Waals surface area contributed by atoms with Gasteiger partial charge in [-0.05, 0) is 0 Å². The first-order valence-corrected chi connectivity index (χ1v) is 4.65. The summed E-state index contributed by atoms with van der Waals surface area (Å²) in [6, 6.07) is 0. The number of hydrogen-bond donors (Lipinski definition) is 18. The molecule has 0 aromatic rings. The van der Waals surface area contributed by atoms with Gasteiger partial charge in [0.1, 0.15) is 0 Å². The molecule has 0 aromatic heterocycles. The second kappa shape index (κ2) is 84.5. The van der Waals surface area contributed by atoms with E-state index >= 15 is 0 Å². The van der Waals surface area contributed by atoms with Crippen LogP contribution in [0.3, 0.4) is 0 Å². The number of hydrogen-bond acceptors (Lipinski definition) is 18. The minimum atomic E-state index is -2.17. The second-order valence-corrected chi connectivity index (χ2v) is 2.08. The predicted molar refractivity (Wildman–Crippen MR) is 112 cm³/mol. The number of rotatable bonds is 0. The van der Waals surface area contributed by atoms with Crippen LogP contribution in [0.2, 0.25) is 0 Å². The molecule has 0 aliphatic heterocycles. The van der Waals surface area contributed by atoms with Crippen LogP contribution in [0.4, 0.5) is 0 Å². The van der Waals surface area contributed by atoms with E-state index in [1.807, 2.05) is 0 Å². The molecule has 32 heavy (non-hydrogen) atoms. The Kier molecular flexibility index (Phi) is 245. The average Bonchev–Trinajstić information content (AvgIpc) is 2.08. The third kappa shape index (κ3) is 8060. The Morgan fingerprint density at radius 1 is 0.219 bits per heavy atom. The molecule has 0 aliphatic rings. The van der Waals surface area contributed by atoms with Gasteiger partial charge in [0, 0.05) is 0 Å². The summed E-state index contributed by atoms with van der Waals surface area (Å²) in [6.45, 7) is 0. The maximum Gasteiger partial charge on any atom is 2.00 e. The molecule has 0 fully saturated rings. The average molecular weight is 563 g/mol. The Balaban J connectivity index is -0.00000000633. The molecule has 0 heterocycles. The van der Waals surface area contributed by atoms with Crippen LogP contribution in [0, 0.1) is 0 Å². The van der Waals surface area contributed by atoms with E-state index in [0.29, 0.717) is 0 Å². The van der Waals surface area contributed by atoms with Crippen LogP contribution >= 0.6 is 0 Å². The van der Waals surface area contributed by atoms with Crippen LogP contribution in [-0.4, -0.2) is 243 Å². The van der Waals surface area contributed by atoms with Gasteiger partial charge in [-0.15, -0.1) is 0 Å². The zero-order valence-electron chi connectivity index (χ0n) is 19.9. The summed E-state index contributed by atoms with van der Waals surface area (Å²) < 4.78 is 0. The van der Waals surface area contributed by atoms with Gasteiger partial charge in [0.15, 0.2) is 0 Å². The van der Waals surface area contributed by atoms with Gasteiger partial charge in [0.05, 0.1) is 0 Å². The van der Waals surface area contributed by atoms with Crippen molar-refractivity contribution in [1.29, 1.82) is 0 Å². The molecule has 32 heteroatoms. The topological polar surface area (TPSA) is 553 Å². The van der Waals surface area contributed by atoms with Crippen molar-refractivity contribution >= 4 is 119 Å². The Bertz CT molecular complexity index is 126. The summed E-state index contributed by atoms with van der Waals surface area (Å²) in [5.74, 6) is 0. The molecule has 0 radical (unpaired) electrons. The Hall–Kier alpha value is 1.95. The molecular weight excluding hydrogens is 529 g/mol. The van der Waals surface area contributed by atoms with Gasteiger partial charge in [0.25, 0.3) is 0 Å². The van der Waals surface area contributed by atoms with E-state index in [0.717, 1.165) is 0 Å². The van der Waals surface area contributed by atoms with E-state index in [1.165, 1.54) is 0 Å². The van der Waals surface area contributed by atoms with Crippen molar-refractivity contribution in [2.75, 3.05) is 0 Å². The Morgan fingerprint density at radius 3 is 0.219 bits per heavy atom. The van der Waals surface area contributed by atoms with E-state index in [-0.39, 0.29) is 114 Å². The first-order valence-electron chi connectivity index (χ1n) is 4.65. The fourth-order valence-corrected chi connectivity index (χ4v) is 0. The van der Waals surface area contributed by atoms with Crippen molar-refractivity contribution in [2.45, 2.75) is 0 Å². The molecule has 0 aromatic carbocycles. The third-order valence-corrected chi connectivity index (χ3v) is 0. The second-order valence-electron chi connectivity index (χ2n) is 2.08. The van der Waals surface area contributed by atoms with Gasteiger partial charge in [-0.25, -0.2) is 0 Å². The molecule has 30 N–H and O–H groups in total. The molecule has 0 saturated carbocycles. The zero-order valence-corrected chi connectivity index (χ0v) is 20.3. The first kappa shape index (κ1) is 92.6. The first-order chi connectivity index (χ1) is 10.4. The van der Waals surface area contributed by atoms with Crippen molar-refractivity contribution in [2.24, 2.45) is 0 Å². The summed E-state index contributed by atoms with van der Waals surface area (Å²) in [5.41, 5.74) is 0. The molecule has 0 spiro atoms. The Morgan fingerprint density at radius 2 is 0.219 bits per heavy atom. The van der Waals surface area contributed by atoms with E-state index in [1.54, 1.807) is 0 Å². The SMILES string of the molecule is O.O.O.O.O.O.OB(O)O.OB(O)O.OB(O)O.OB(O)O.OB(O)O.OB(O)O.[Ca+2].[Ca+2].[H-].[H-].[H-].[H-]. The molecule has 24 nitrogen and oxygen atoms in total. The van der Waals surface area contributed by atoms with E-state index in [9.17, 15) is 0 Å². The van der Waals surface area contributed by atoms with Crippen LogP contribution in [0.1, 0.15) is 5.71 Å². The van der Waals surface area contributed by atoms with Crippen LogP contribution in [0.5, 0.6) is 0 Å². The summed E-state index contributed by atoms with van der Waals surface area (Å²) in [4.78, 5) is 0. The minimum absolute atomic E-state index is 0. The molecule has 0 unspecified atom stereocenters. The molecule has 0 aliphatic carbocycles. The van der Waals surface area contributed by atoms with E-state index in [2.05, 4.69) is 0 Å². The maximum atomic E-state index is 7.17. The minimum Gasteiger partial charge on any atom is -1.00 e. The molecule has 0 bridgehead atoms. The van der Waals surface area contributed by atoms with Crippen LogP contribution < -0.4 is 0 Å². The van der Waals surface area contributed by atoms with Gasteiger partial charge in [0.2, 0.25) is 0 Å². The smallest absolute Gasteiger partial charge is 1.00 e. The van der Waals surface area contributed by atoms with Crippen molar-refractivity contribution in [1.82, 2.24) is 0 Å². The van der Waals surface area contributed by atoms with Crippen LogP contribution in [-0.2, 0) is 0 Å². The Labute approximate surface area is 246 Å². The quantitative estimate of drug-likeness (QED) is 0.122. The van der Waals surface area contributed by atoms with Gasteiger partial charge in [-0.1, -0.05) is 0 Å². The summed E-state index contributed by atoms with van der Waals surface area (Å²) in [6.07, 6.45) is 0. The van der Waals surface area contributed by atoms with Crippen LogP contribution in [0.25, 0.3) is 0 Å². The molecule has 0 saturated heterocycles. The summed E-state index contributed by atoms with van der Waals surface area (Å²) in [7, 11) is -13.0. The summed E-state index contributed by atoms with van der Waals surface area (Å²) in [5, 5.41) is 129. The van der Waals surface area contributed by atoms with Gasteiger partial charge in [-0.2, -0.15) is 0 Å². The van der Waals surface area contributed by atoms with Gasteiger partial charge in [-0.3, -0.25) is 0 Å². The van der Waals surface area contributed by atoms with E-state index in [4.69, 9.17) is 90.4 Å². The van der Waals surface area contributed by atoms with Crippen molar-refractivity contribution in [3.05, 3.63) is 0 Å². The van der Waals surface area contributed by atoms with Crippen molar-refractivity contribution in [3.8, 4) is 0 Å². The molecule has 0 amide bonds. The standard InChI is InChI=1S/6BH3O3.2Ca.6H2O.4H/c6*2-1(3)4;;;;;;;;;;;;/h6*2-4H;;;6*1H2;;;;/q;;;;;;2*+2;;;;;;;4*-1. The normalized spacial score (nSPS) is 5.06. The molecule has 200 valence electrons. The van der Waals surface area contributed by atoms with E-state index < -0.39 is 43.9 Å². The third-order valence-electron chi connectivity index (χ3n) is 0. The van der Waals surface area contributed by atoms with Gasteiger partial charge >= 0.3 is 119 Å². The fraction of sp³-hybridized carbons (Fsp3) is 0. The van der Waals surface area contributed by atoms with Crippen LogP contribution in [0.15, 0.2) is 0 Å². The fourth-order valence-electron chi connectivity index (χ4n) is 0. The maximum absolute atomic E-state index is 7.17. The zero-order chi connectivity index (χ0) is 21.5. The van der Waals surface area contributed by atoms with Crippen molar-refractivity contribution in [3.63, 3.8) is 0 Å². The molecular formula is H34B6Ca2O24. The molecule has 0 rings (SSSR count). The van der Waals surface area contributed by atoms with Gasteiger partial charge < -0.3 is 129 Å². The van der Waals surface area contributed by atoms with Crippen molar-refractivity contribution < 1.29 is 129 Å². The largest absolute Gasteiger partial charge is 2.00 e. The predicted octanol–water partition coefficient (Wildman–Crippen LogP) is -17.6.